The minimum atomic E-state index is -0.631. The summed E-state index contributed by atoms with van der Waals surface area (Å²) in [4.78, 5) is 25.9. The van der Waals surface area contributed by atoms with Gasteiger partial charge in [0.25, 0.3) is 11.6 Å². The highest BCUT2D eigenvalue weighted by Crippen LogP contribution is 2.25. The summed E-state index contributed by atoms with van der Waals surface area (Å²) in [5.41, 5.74) is -0.376. The zero-order valence-electron chi connectivity index (χ0n) is 10.7. The van der Waals surface area contributed by atoms with Gasteiger partial charge in [-0.15, -0.1) is 0 Å². The van der Waals surface area contributed by atoms with Gasteiger partial charge in [-0.2, -0.15) is 11.8 Å². The molecule has 0 spiro atoms. The van der Waals surface area contributed by atoms with E-state index in [0.717, 1.165) is 24.8 Å². The maximum atomic E-state index is 12.1. The predicted octanol–water partition coefficient (Wildman–Crippen LogP) is 2.66. The molecule has 8 heteroatoms. The minimum Gasteiger partial charge on any atom is -0.351 e. The van der Waals surface area contributed by atoms with Crippen LogP contribution in [-0.2, 0) is 0 Å². The smallest absolute Gasteiger partial charge is 0.300 e. The number of pyridine rings is 1. The van der Waals surface area contributed by atoms with Gasteiger partial charge in [0.05, 0.1) is 4.92 Å². The van der Waals surface area contributed by atoms with Crippen LogP contribution in [0.25, 0.3) is 0 Å². The van der Waals surface area contributed by atoms with Gasteiger partial charge in [0.15, 0.2) is 0 Å². The van der Waals surface area contributed by atoms with Gasteiger partial charge < -0.3 is 5.32 Å². The molecule has 108 valence electrons. The van der Waals surface area contributed by atoms with Crippen molar-refractivity contribution in [2.75, 3.05) is 12.3 Å². The topological polar surface area (TPSA) is 85.1 Å². The van der Waals surface area contributed by atoms with E-state index in [-0.39, 0.29) is 16.4 Å². The summed E-state index contributed by atoms with van der Waals surface area (Å²) >= 11 is 7.52. The third-order valence-corrected chi connectivity index (χ3v) is 4.66. The van der Waals surface area contributed by atoms with E-state index in [0.29, 0.717) is 11.8 Å². The van der Waals surface area contributed by atoms with Gasteiger partial charge in [-0.1, -0.05) is 18.0 Å². The molecule has 0 bridgehead atoms. The Morgan fingerprint density at radius 3 is 3.05 bits per heavy atom. The number of carbonyl (C=O) groups excluding carboxylic acids is 1. The Morgan fingerprint density at radius 2 is 2.40 bits per heavy atom. The molecular weight excluding hydrogens is 302 g/mol. The van der Waals surface area contributed by atoms with Crippen LogP contribution >= 0.6 is 23.4 Å². The van der Waals surface area contributed by atoms with Crippen molar-refractivity contribution in [2.45, 2.75) is 24.5 Å². The number of nitrogens with one attached hydrogen (secondary N) is 1. The number of nitrogens with zero attached hydrogens (tertiary/aromatic N) is 2. The van der Waals surface area contributed by atoms with Gasteiger partial charge in [0, 0.05) is 11.8 Å². The van der Waals surface area contributed by atoms with Crippen molar-refractivity contribution < 1.29 is 9.72 Å². The van der Waals surface area contributed by atoms with E-state index in [1.807, 2.05) is 11.8 Å². The summed E-state index contributed by atoms with van der Waals surface area (Å²) in [6, 6.07) is 1.23. The molecule has 1 unspecified atom stereocenters. The minimum absolute atomic E-state index is 0.0455. The van der Waals surface area contributed by atoms with E-state index < -0.39 is 10.8 Å². The van der Waals surface area contributed by atoms with Crippen molar-refractivity contribution in [3.05, 3.63) is 33.1 Å². The molecule has 1 aromatic rings. The van der Waals surface area contributed by atoms with E-state index in [4.69, 9.17) is 11.6 Å². The second kappa shape index (κ2) is 6.90. The first-order valence-electron chi connectivity index (χ1n) is 6.27. The van der Waals surface area contributed by atoms with Crippen molar-refractivity contribution in [2.24, 2.45) is 0 Å². The zero-order chi connectivity index (χ0) is 14.5. The molecule has 1 aromatic heterocycles. The van der Waals surface area contributed by atoms with Crippen LogP contribution in [0.5, 0.6) is 0 Å². The van der Waals surface area contributed by atoms with Crippen molar-refractivity contribution in [3.8, 4) is 0 Å². The van der Waals surface area contributed by atoms with Gasteiger partial charge in [-0.05, 0) is 24.7 Å². The number of halogens is 1. The number of hydrogen-bond acceptors (Lipinski definition) is 5. The Hall–Kier alpha value is -1.34. The lowest BCUT2D eigenvalue weighted by Crippen LogP contribution is -2.32. The van der Waals surface area contributed by atoms with Crippen LogP contribution in [0.2, 0.25) is 5.15 Å². The molecule has 0 radical (unpaired) electrons. The number of rotatable bonds is 4. The normalized spacial score (nSPS) is 18.6. The van der Waals surface area contributed by atoms with Crippen LogP contribution < -0.4 is 5.32 Å². The largest absolute Gasteiger partial charge is 0.351 e. The SMILES string of the molecule is O=C(NCC1CCCCS1)c1cc(Cl)ncc1[N+](=O)[O-]. The first kappa shape index (κ1) is 15.1. The maximum absolute atomic E-state index is 12.1. The molecule has 2 heterocycles. The fraction of sp³-hybridized carbons (Fsp3) is 0.500. The van der Waals surface area contributed by atoms with E-state index in [1.165, 1.54) is 12.5 Å². The standard InChI is InChI=1S/C12H14ClN3O3S/c13-11-5-9(10(7-14-11)16(18)19)12(17)15-6-8-3-1-2-4-20-8/h5,7-8H,1-4,6H2,(H,15,17). The van der Waals surface area contributed by atoms with E-state index in [9.17, 15) is 14.9 Å². The fourth-order valence-corrected chi connectivity index (χ4v) is 3.42. The molecule has 0 aliphatic carbocycles. The molecule has 2 rings (SSSR count). The molecule has 1 amide bonds. The number of amides is 1. The van der Waals surface area contributed by atoms with E-state index in [2.05, 4.69) is 10.3 Å². The molecule has 1 aliphatic rings. The van der Waals surface area contributed by atoms with Crippen molar-refractivity contribution in [1.29, 1.82) is 0 Å². The lowest BCUT2D eigenvalue weighted by molar-refractivity contribution is -0.385. The summed E-state index contributed by atoms with van der Waals surface area (Å²) in [5, 5.41) is 14.1. The number of carbonyl (C=O) groups is 1. The molecule has 0 saturated carbocycles. The van der Waals surface area contributed by atoms with Crippen molar-refractivity contribution in [3.63, 3.8) is 0 Å². The Morgan fingerprint density at radius 1 is 1.60 bits per heavy atom. The number of aromatic nitrogens is 1. The molecule has 1 N–H and O–H groups in total. The first-order chi connectivity index (χ1) is 9.58. The predicted molar refractivity (Wildman–Crippen MR) is 78.3 cm³/mol. The molecule has 6 nitrogen and oxygen atoms in total. The van der Waals surface area contributed by atoms with Gasteiger partial charge in [-0.25, -0.2) is 4.98 Å². The number of thioether (sulfide) groups is 1. The molecule has 1 aliphatic heterocycles. The van der Waals surface area contributed by atoms with Crippen molar-refractivity contribution >= 4 is 35.0 Å². The Kier molecular flexibility index (Phi) is 5.19. The van der Waals surface area contributed by atoms with Gasteiger partial charge in [-0.3, -0.25) is 14.9 Å². The molecule has 20 heavy (non-hydrogen) atoms. The third-order valence-electron chi connectivity index (χ3n) is 3.06. The second-order valence-electron chi connectivity index (χ2n) is 4.48. The number of hydrogen-bond donors (Lipinski definition) is 1. The van der Waals surface area contributed by atoms with Crippen LogP contribution in [0.4, 0.5) is 5.69 Å². The number of nitro groups is 1. The van der Waals surface area contributed by atoms with Crippen LogP contribution in [0.1, 0.15) is 29.6 Å². The highest BCUT2D eigenvalue weighted by atomic mass is 35.5. The van der Waals surface area contributed by atoms with Crippen LogP contribution in [0, 0.1) is 10.1 Å². The maximum Gasteiger partial charge on any atom is 0.300 e. The first-order valence-corrected chi connectivity index (χ1v) is 7.70. The third kappa shape index (κ3) is 3.83. The van der Waals surface area contributed by atoms with Crippen LogP contribution in [0.3, 0.4) is 0 Å². The molecule has 1 fully saturated rings. The molecule has 1 atom stereocenters. The average Bonchev–Trinajstić information content (AvgIpc) is 2.45. The summed E-state index contributed by atoms with van der Waals surface area (Å²) in [6.07, 6.45) is 4.44. The summed E-state index contributed by atoms with van der Waals surface area (Å²) in [6.45, 7) is 0.514. The van der Waals surface area contributed by atoms with Crippen LogP contribution in [0.15, 0.2) is 12.3 Å². The monoisotopic (exact) mass is 315 g/mol. The Bertz CT molecular complexity index is 521. The zero-order valence-corrected chi connectivity index (χ0v) is 12.2. The highest BCUT2D eigenvalue weighted by molar-refractivity contribution is 7.99. The summed E-state index contributed by atoms with van der Waals surface area (Å²) < 4.78 is 0. The Balaban J connectivity index is 2.04. The Labute approximate surface area is 125 Å². The highest BCUT2D eigenvalue weighted by Gasteiger charge is 2.22. The lowest BCUT2D eigenvalue weighted by Gasteiger charge is -2.21. The molecule has 0 aromatic carbocycles. The quantitative estimate of drug-likeness (QED) is 0.524. The summed E-state index contributed by atoms with van der Waals surface area (Å²) in [7, 11) is 0. The van der Waals surface area contributed by atoms with Gasteiger partial charge in [0.1, 0.15) is 16.9 Å². The van der Waals surface area contributed by atoms with E-state index >= 15 is 0 Å². The molecular formula is C12H14ClN3O3S. The van der Waals surface area contributed by atoms with E-state index in [1.54, 1.807) is 0 Å². The lowest BCUT2D eigenvalue weighted by atomic mass is 10.1. The summed E-state index contributed by atoms with van der Waals surface area (Å²) in [5.74, 6) is 0.620. The molecule has 1 saturated heterocycles. The van der Waals surface area contributed by atoms with Gasteiger partial charge >= 0.3 is 0 Å². The second-order valence-corrected chi connectivity index (χ2v) is 6.28. The van der Waals surface area contributed by atoms with Gasteiger partial charge in [0.2, 0.25) is 0 Å². The van der Waals surface area contributed by atoms with Crippen molar-refractivity contribution in [1.82, 2.24) is 10.3 Å². The fourth-order valence-electron chi connectivity index (χ4n) is 2.02. The average molecular weight is 316 g/mol. The van der Waals surface area contributed by atoms with Crippen LogP contribution in [-0.4, -0.2) is 33.4 Å².